The van der Waals surface area contributed by atoms with Crippen molar-refractivity contribution in [3.63, 3.8) is 0 Å². The van der Waals surface area contributed by atoms with Crippen molar-refractivity contribution in [2.45, 2.75) is 79.2 Å². The van der Waals surface area contributed by atoms with Crippen molar-refractivity contribution in [3.05, 3.63) is 11.6 Å². The quantitative estimate of drug-likeness (QED) is 0.257. The van der Waals surface area contributed by atoms with E-state index in [1.807, 2.05) is 0 Å². The maximum absolute atomic E-state index is 13.4. The molecule has 0 saturated carbocycles. The van der Waals surface area contributed by atoms with Crippen molar-refractivity contribution >= 4 is 19.4 Å². The lowest BCUT2D eigenvalue weighted by Crippen LogP contribution is -2.43. The Bertz CT molecular complexity index is 528. The van der Waals surface area contributed by atoms with Crippen LogP contribution in [0.5, 0.6) is 0 Å². The Balaban J connectivity index is 5.21. The molecule has 0 aromatic rings. The molecule has 0 aromatic heterocycles. The molecule has 0 amide bonds. The fourth-order valence-electron chi connectivity index (χ4n) is 2.12. The van der Waals surface area contributed by atoms with Gasteiger partial charge in [0.2, 0.25) is 7.44 Å². The number of esters is 2. The van der Waals surface area contributed by atoms with Gasteiger partial charge >= 0.3 is 11.9 Å². The molecule has 0 unspecified atom stereocenters. The van der Waals surface area contributed by atoms with Gasteiger partial charge < -0.3 is 14.6 Å². The highest BCUT2D eigenvalue weighted by atomic mass is 31.2. The molecule has 0 aliphatic carbocycles. The number of hydrogen-bond acceptors (Lipinski definition) is 6. The Labute approximate surface area is 162 Å². The Kier molecular flexibility index (Phi) is 11.7. The van der Waals surface area contributed by atoms with Crippen LogP contribution in [0.4, 0.5) is 0 Å². The van der Waals surface area contributed by atoms with E-state index >= 15 is 0 Å². The average molecular weight is 406 g/mol. The molecule has 0 fully saturated rings. The van der Waals surface area contributed by atoms with Crippen molar-refractivity contribution in [1.82, 2.24) is 10.2 Å². The molecule has 0 bridgehead atoms. The molecule has 27 heavy (non-hydrogen) atoms. The van der Waals surface area contributed by atoms with Crippen molar-refractivity contribution in [1.29, 1.82) is 0 Å². The SMILES string of the molecule is C/C(=C\CCP(=O)(N[C@@H](C)C(=O)OC(C)C)N[C@@H](C)C(=O)OC(C)C)CO. The second-order valence-electron chi connectivity index (χ2n) is 7.13. The molecule has 0 saturated heterocycles. The molecule has 0 aromatic carbocycles. The summed E-state index contributed by atoms with van der Waals surface area (Å²) in [6.45, 7) is 11.7. The predicted molar refractivity (Wildman–Crippen MR) is 106 cm³/mol. The molecule has 3 N–H and O–H groups in total. The number of aliphatic hydroxyl groups is 1. The maximum Gasteiger partial charge on any atom is 0.323 e. The van der Waals surface area contributed by atoms with Crippen molar-refractivity contribution in [3.8, 4) is 0 Å². The zero-order valence-electron chi connectivity index (χ0n) is 17.4. The van der Waals surface area contributed by atoms with E-state index in [1.54, 1.807) is 54.5 Å². The summed E-state index contributed by atoms with van der Waals surface area (Å²) in [5.41, 5.74) is 0.751. The number of allylic oxidation sites excluding steroid dienone is 1. The van der Waals surface area contributed by atoms with Gasteiger partial charge in [-0.15, -0.1) is 0 Å². The molecule has 0 aliphatic rings. The fraction of sp³-hybridized carbons (Fsp3) is 0.778. The molecule has 0 spiro atoms. The summed E-state index contributed by atoms with van der Waals surface area (Å²) in [7, 11) is -3.32. The van der Waals surface area contributed by atoms with Gasteiger partial charge in [0, 0.05) is 6.16 Å². The topological polar surface area (TPSA) is 114 Å². The largest absolute Gasteiger partial charge is 0.462 e. The Morgan fingerprint density at radius 3 is 1.70 bits per heavy atom. The van der Waals surface area contributed by atoms with Gasteiger partial charge in [-0.3, -0.25) is 14.2 Å². The van der Waals surface area contributed by atoms with E-state index in [4.69, 9.17) is 14.6 Å². The summed E-state index contributed by atoms with van der Waals surface area (Å²) in [6, 6.07) is -1.64. The first kappa shape index (κ1) is 25.8. The second kappa shape index (κ2) is 12.3. The van der Waals surface area contributed by atoms with Crippen LogP contribution in [0.2, 0.25) is 0 Å². The molecule has 9 heteroatoms. The number of aliphatic hydroxyl groups excluding tert-OH is 1. The number of ether oxygens (including phenoxy) is 2. The first-order valence-electron chi connectivity index (χ1n) is 9.22. The average Bonchev–Trinajstić information content (AvgIpc) is 2.52. The molecule has 8 nitrogen and oxygen atoms in total. The normalized spacial score (nSPS) is 15.0. The lowest BCUT2D eigenvalue weighted by molar-refractivity contribution is -0.149. The lowest BCUT2D eigenvalue weighted by Gasteiger charge is -2.27. The van der Waals surface area contributed by atoms with Gasteiger partial charge in [0.25, 0.3) is 0 Å². The van der Waals surface area contributed by atoms with Crippen LogP contribution in [-0.2, 0) is 23.6 Å². The summed E-state index contributed by atoms with van der Waals surface area (Å²) in [6.07, 6.45) is 1.75. The first-order chi connectivity index (χ1) is 12.4. The number of carbonyl (C=O) groups is 2. The number of hydrogen-bond donors (Lipinski definition) is 3. The second-order valence-corrected chi connectivity index (χ2v) is 9.58. The van der Waals surface area contributed by atoms with Gasteiger partial charge in [0.05, 0.1) is 18.8 Å². The predicted octanol–water partition coefficient (Wildman–Crippen LogP) is 2.37. The summed E-state index contributed by atoms with van der Waals surface area (Å²) in [5, 5.41) is 14.7. The van der Waals surface area contributed by atoms with Crippen LogP contribution in [0, 0.1) is 0 Å². The van der Waals surface area contributed by atoms with E-state index in [0.29, 0.717) is 6.42 Å². The maximum atomic E-state index is 13.4. The number of nitrogens with one attached hydrogen (secondary N) is 2. The smallest absolute Gasteiger partial charge is 0.323 e. The van der Waals surface area contributed by atoms with Crippen LogP contribution in [-0.4, -0.2) is 54.1 Å². The number of carbonyl (C=O) groups excluding carboxylic acids is 2. The van der Waals surface area contributed by atoms with E-state index in [-0.39, 0.29) is 25.0 Å². The van der Waals surface area contributed by atoms with E-state index in [0.717, 1.165) is 5.57 Å². The fourth-order valence-corrected chi connectivity index (χ4v) is 4.41. The van der Waals surface area contributed by atoms with Crippen LogP contribution < -0.4 is 10.2 Å². The lowest BCUT2D eigenvalue weighted by atomic mass is 10.3. The van der Waals surface area contributed by atoms with Crippen LogP contribution in [0.25, 0.3) is 0 Å². The highest BCUT2D eigenvalue weighted by Crippen LogP contribution is 2.38. The van der Waals surface area contributed by atoms with Gasteiger partial charge in [-0.25, -0.2) is 10.2 Å². The van der Waals surface area contributed by atoms with Gasteiger partial charge in [-0.05, 0) is 54.9 Å². The zero-order valence-corrected chi connectivity index (χ0v) is 18.3. The van der Waals surface area contributed by atoms with Crippen molar-refractivity contribution in [2.75, 3.05) is 12.8 Å². The minimum Gasteiger partial charge on any atom is -0.462 e. The third-order valence-corrected chi connectivity index (χ3v) is 5.90. The molecule has 158 valence electrons. The van der Waals surface area contributed by atoms with E-state index in [9.17, 15) is 14.2 Å². The third-order valence-electron chi connectivity index (χ3n) is 3.40. The van der Waals surface area contributed by atoms with E-state index < -0.39 is 31.5 Å². The van der Waals surface area contributed by atoms with Gasteiger partial charge in [0.15, 0.2) is 0 Å². The van der Waals surface area contributed by atoms with Crippen LogP contribution in [0.1, 0.15) is 54.9 Å². The minimum absolute atomic E-state index is 0.0839. The van der Waals surface area contributed by atoms with E-state index in [2.05, 4.69) is 10.2 Å². The highest BCUT2D eigenvalue weighted by molar-refractivity contribution is 7.59. The molecule has 0 heterocycles. The monoisotopic (exact) mass is 406 g/mol. The Morgan fingerprint density at radius 2 is 1.37 bits per heavy atom. The first-order valence-corrected chi connectivity index (χ1v) is 11.1. The summed E-state index contributed by atoms with van der Waals surface area (Å²) >= 11 is 0. The van der Waals surface area contributed by atoms with Crippen molar-refractivity contribution < 1.29 is 28.7 Å². The molecule has 2 atom stereocenters. The van der Waals surface area contributed by atoms with Gasteiger partial charge in [-0.2, -0.15) is 0 Å². The van der Waals surface area contributed by atoms with Crippen LogP contribution >= 0.6 is 7.44 Å². The van der Waals surface area contributed by atoms with Crippen molar-refractivity contribution in [2.24, 2.45) is 0 Å². The molecular weight excluding hydrogens is 371 g/mol. The summed E-state index contributed by atoms with van der Waals surface area (Å²) < 4.78 is 23.6. The molecule has 0 rings (SSSR count). The molecule has 0 radical (unpaired) electrons. The van der Waals surface area contributed by atoms with Gasteiger partial charge in [0.1, 0.15) is 12.1 Å². The third kappa shape index (κ3) is 11.3. The standard InChI is InChI=1S/C18H35N2O6P/c1-12(2)25-17(22)15(6)19-27(24,10-8-9-14(5)11-21)20-16(7)18(23)26-13(3)4/h9,12-13,15-16,21H,8,10-11H2,1-7H3,(H2,19,20,24)/b14-9+/t15-,16-/m0/s1. The highest BCUT2D eigenvalue weighted by Gasteiger charge is 2.31. The zero-order chi connectivity index (χ0) is 21.2. The summed E-state index contributed by atoms with van der Waals surface area (Å²) in [5.74, 6) is -1.04. The van der Waals surface area contributed by atoms with E-state index in [1.165, 1.54) is 0 Å². The Hall–Kier alpha value is -1.21. The molecule has 0 aliphatic heterocycles. The van der Waals surface area contributed by atoms with Crippen LogP contribution in [0.3, 0.4) is 0 Å². The van der Waals surface area contributed by atoms with Crippen LogP contribution in [0.15, 0.2) is 11.6 Å². The minimum atomic E-state index is -3.32. The number of rotatable bonds is 12. The Morgan fingerprint density at radius 1 is 0.963 bits per heavy atom. The summed E-state index contributed by atoms with van der Waals surface area (Å²) in [4.78, 5) is 24.1. The molecular formula is C18H35N2O6P. The van der Waals surface area contributed by atoms with Gasteiger partial charge in [-0.1, -0.05) is 11.6 Å².